The fourth-order valence-corrected chi connectivity index (χ4v) is 0.329. The molecule has 6 heteroatoms. The molecule has 0 amide bonds. The summed E-state index contributed by atoms with van der Waals surface area (Å²) in [5, 5.41) is 17.2. The molecule has 9 heavy (non-hydrogen) atoms. The van der Waals surface area contributed by atoms with Crippen molar-refractivity contribution in [2.24, 2.45) is 10.9 Å². The molecule has 0 fully saturated rings. The van der Waals surface area contributed by atoms with Gasteiger partial charge in [0, 0.05) is 0 Å². The monoisotopic (exact) mass is 128 g/mol. The molecule has 0 aliphatic carbocycles. The van der Waals surface area contributed by atoms with Crippen LogP contribution in [0.1, 0.15) is 5.69 Å². The van der Waals surface area contributed by atoms with Gasteiger partial charge in [-0.3, -0.25) is 0 Å². The average molecular weight is 128 g/mol. The summed E-state index contributed by atoms with van der Waals surface area (Å²) in [6.45, 7) is 0. The van der Waals surface area contributed by atoms with Crippen LogP contribution >= 0.6 is 0 Å². The summed E-state index contributed by atoms with van der Waals surface area (Å²) in [6, 6.07) is 0. The maximum Gasteiger partial charge on any atom is 0.194 e. The van der Waals surface area contributed by atoms with Crippen molar-refractivity contribution in [1.82, 2.24) is 10.3 Å². The van der Waals surface area contributed by atoms with Crippen molar-refractivity contribution in [1.29, 1.82) is 0 Å². The molecule has 0 bridgehead atoms. The van der Waals surface area contributed by atoms with Gasteiger partial charge in [0.1, 0.15) is 6.20 Å². The highest BCUT2D eigenvalue weighted by Gasteiger charge is 2.01. The molecule has 0 aliphatic heterocycles. The van der Waals surface area contributed by atoms with Gasteiger partial charge in [0.2, 0.25) is 0 Å². The summed E-state index contributed by atoms with van der Waals surface area (Å²) in [6.07, 6.45) is 1.25. The molecule has 0 aliphatic rings. The molecule has 0 saturated carbocycles. The third-order valence-corrected chi connectivity index (χ3v) is 0.731. The molecule has 0 aromatic carbocycles. The number of amidine groups is 1. The predicted molar refractivity (Wildman–Crippen MR) is 26.8 cm³/mol. The van der Waals surface area contributed by atoms with Crippen molar-refractivity contribution in [2.75, 3.05) is 0 Å². The number of oxime groups is 1. The number of nitrogens with two attached hydrogens (primary N) is 1. The standard InChI is InChI=1S/C3H4N4O2/c4-3(6-8)2-1-5-9-7-2/h1,8H,(H2,4,6). The Bertz CT molecular complexity index is 204. The normalized spacial score (nSPS) is 11.8. The van der Waals surface area contributed by atoms with Gasteiger partial charge in [-0.2, -0.15) is 0 Å². The second kappa shape index (κ2) is 2.12. The molecular formula is C3H4N4O2. The van der Waals surface area contributed by atoms with Crippen LogP contribution in [0.5, 0.6) is 0 Å². The van der Waals surface area contributed by atoms with Crippen molar-refractivity contribution in [2.45, 2.75) is 0 Å². The van der Waals surface area contributed by atoms with E-state index < -0.39 is 0 Å². The Hall–Kier alpha value is -1.59. The Balaban J connectivity index is 2.90. The van der Waals surface area contributed by atoms with Crippen LogP contribution in [-0.2, 0) is 0 Å². The maximum atomic E-state index is 8.06. The predicted octanol–water partition coefficient (Wildman–Crippen LogP) is -0.836. The second-order valence-electron chi connectivity index (χ2n) is 1.28. The number of hydrogen-bond donors (Lipinski definition) is 2. The van der Waals surface area contributed by atoms with Crippen molar-refractivity contribution in [3.05, 3.63) is 11.9 Å². The molecule has 0 radical (unpaired) electrons. The van der Waals surface area contributed by atoms with E-state index in [-0.39, 0.29) is 11.5 Å². The van der Waals surface area contributed by atoms with E-state index in [2.05, 4.69) is 20.1 Å². The van der Waals surface area contributed by atoms with E-state index in [4.69, 9.17) is 10.9 Å². The van der Waals surface area contributed by atoms with Crippen LogP contribution in [0.25, 0.3) is 0 Å². The van der Waals surface area contributed by atoms with E-state index in [1.807, 2.05) is 0 Å². The Morgan fingerprint density at radius 2 is 2.67 bits per heavy atom. The molecule has 1 aromatic rings. The average Bonchev–Trinajstić information content (AvgIpc) is 2.37. The van der Waals surface area contributed by atoms with Crippen molar-refractivity contribution >= 4 is 5.84 Å². The van der Waals surface area contributed by atoms with Crippen LogP contribution in [-0.4, -0.2) is 21.4 Å². The minimum atomic E-state index is -0.115. The number of hydrogen-bond acceptors (Lipinski definition) is 5. The Morgan fingerprint density at radius 3 is 3.11 bits per heavy atom. The molecular weight excluding hydrogens is 124 g/mol. The van der Waals surface area contributed by atoms with Gasteiger partial charge < -0.3 is 10.9 Å². The largest absolute Gasteiger partial charge is 0.409 e. The summed E-state index contributed by atoms with van der Waals surface area (Å²) in [7, 11) is 0. The van der Waals surface area contributed by atoms with E-state index in [1.54, 1.807) is 0 Å². The van der Waals surface area contributed by atoms with Gasteiger partial charge in [0.15, 0.2) is 11.5 Å². The van der Waals surface area contributed by atoms with Gasteiger partial charge in [0.05, 0.1) is 0 Å². The Morgan fingerprint density at radius 1 is 1.89 bits per heavy atom. The molecule has 0 saturated heterocycles. The van der Waals surface area contributed by atoms with Gasteiger partial charge in [-0.1, -0.05) is 10.3 Å². The Labute approximate surface area is 49.9 Å². The summed E-state index contributed by atoms with van der Waals surface area (Å²) in [5.74, 6) is -0.115. The van der Waals surface area contributed by atoms with E-state index in [0.717, 1.165) is 0 Å². The highest BCUT2D eigenvalue weighted by molar-refractivity contribution is 5.94. The van der Waals surface area contributed by atoms with Crippen molar-refractivity contribution in [3.8, 4) is 0 Å². The molecule has 6 nitrogen and oxygen atoms in total. The minimum absolute atomic E-state index is 0.115. The first-order valence-electron chi connectivity index (χ1n) is 2.10. The van der Waals surface area contributed by atoms with Gasteiger partial charge in [-0.25, -0.2) is 4.63 Å². The molecule has 1 rings (SSSR count). The van der Waals surface area contributed by atoms with Crippen LogP contribution < -0.4 is 5.73 Å². The van der Waals surface area contributed by atoms with E-state index in [9.17, 15) is 0 Å². The summed E-state index contributed by atoms with van der Waals surface area (Å²) < 4.78 is 4.17. The third kappa shape index (κ3) is 0.958. The summed E-state index contributed by atoms with van der Waals surface area (Å²) in [4.78, 5) is 0. The van der Waals surface area contributed by atoms with Gasteiger partial charge >= 0.3 is 0 Å². The molecule has 1 aromatic heterocycles. The molecule has 48 valence electrons. The van der Waals surface area contributed by atoms with E-state index in [1.165, 1.54) is 6.20 Å². The number of rotatable bonds is 1. The fourth-order valence-electron chi connectivity index (χ4n) is 0.329. The Kier molecular flexibility index (Phi) is 1.31. The first-order chi connectivity index (χ1) is 4.34. The quantitative estimate of drug-likeness (QED) is 0.222. The topological polar surface area (TPSA) is 97.5 Å². The highest BCUT2D eigenvalue weighted by Crippen LogP contribution is 1.87. The zero-order chi connectivity index (χ0) is 6.69. The maximum absolute atomic E-state index is 8.06. The fraction of sp³-hybridized carbons (Fsp3) is 0. The number of nitrogens with zero attached hydrogens (tertiary/aromatic N) is 3. The van der Waals surface area contributed by atoms with E-state index in [0.29, 0.717) is 0 Å². The smallest absolute Gasteiger partial charge is 0.194 e. The lowest BCUT2D eigenvalue weighted by atomic mass is 10.5. The van der Waals surface area contributed by atoms with Crippen LogP contribution in [0.4, 0.5) is 0 Å². The lowest BCUT2D eigenvalue weighted by Crippen LogP contribution is -2.13. The first-order valence-corrected chi connectivity index (χ1v) is 2.10. The van der Waals surface area contributed by atoms with Gasteiger partial charge in [0.25, 0.3) is 0 Å². The minimum Gasteiger partial charge on any atom is -0.409 e. The van der Waals surface area contributed by atoms with E-state index >= 15 is 0 Å². The van der Waals surface area contributed by atoms with Crippen molar-refractivity contribution in [3.63, 3.8) is 0 Å². The summed E-state index contributed by atoms with van der Waals surface area (Å²) >= 11 is 0. The zero-order valence-corrected chi connectivity index (χ0v) is 4.35. The zero-order valence-electron chi connectivity index (χ0n) is 4.35. The lowest BCUT2D eigenvalue weighted by Gasteiger charge is -1.83. The third-order valence-electron chi connectivity index (χ3n) is 0.731. The van der Waals surface area contributed by atoms with Crippen molar-refractivity contribution < 1.29 is 9.84 Å². The van der Waals surface area contributed by atoms with Crippen LogP contribution in [0.2, 0.25) is 0 Å². The first kappa shape index (κ1) is 5.54. The van der Waals surface area contributed by atoms with Crippen LogP contribution in [0.3, 0.4) is 0 Å². The number of aromatic nitrogens is 2. The van der Waals surface area contributed by atoms with Gasteiger partial charge in [-0.05, 0) is 5.16 Å². The highest BCUT2D eigenvalue weighted by atomic mass is 16.6. The van der Waals surface area contributed by atoms with Crippen LogP contribution in [0.15, 0.2) is 16.0 Å². The molecule has 0 spiro atoms. The lowest BCUT2D eigenvalue weighted by molar-refractivity contribution is 0.303. The molecule has 1 heterocycles. The SMILES string of the molecule is N/C(=N/O)c1cnon1. The molecule has 3 N–H and O–H groups in total. The van der Waals surface area contributed by atoms with Gasteiger partial charge in [-0.15, -0.1) is 0 Å². The van der Waals surface area contributed by atoms with Crippen LogP contribution in [0, 0.1) is 0 Å². The second-order valence-corrected chi connectivity index (χ2v) is 1.28. The molecule has 0 atom stereocenters. The summed E-state index contributed by atoms with van der Waals surface area (Å²) in [5.41, 5.74) is 5.30. The molecule has 0 unspecified atom stereocenters.